The van der Waals surface area contributed by atoms with E-state index >= 15 is 0 Å². The summed E-state index contributed by atoms with van der Waals surface area (Å²) in [5.74, 6) is 1.06. The molecule has 0 saturated carbocycles. The summed E-state index contributed by atoms with van der Waals surface area (Å²) >= 11 is 2.14. The fraction of sp³-hybridized carbons (Fsp3) is 0.500. The molecule has 6 nitrogen and oxygen atoms in total. The Bertz CT molecular complexity index is 660. The molecule has 21 heavy (non-hydrogen) atoms. The van der Waals surface area contributed by atoms with E-state index in [9.17, 15) is 0 Å². The maximum absolute atomic E-state index is 6.01. The van der Waals surface area contributed by atoms with E-state index in [1.54, 1.807) is 11.8 Å². The topological polar surface area (TPSA) is 78.8 Å². The molecule has 2 rings (SSSR count). The fourth-order valence-corrected chi connectivity index (χ4v) is 2.47. The lowest BCUT2D eigenvalue weighted by molar-refractivity contribution is 0.181. The van der Waals surface area contributed by atoms with E-state index in [0.717, 1.165) is 20.5 Å². The van der Waals surface area contributed by atoms with Gasteiger partial charge in [-0.25, -0.2) is 9.97 Å². The van der Waals surface area contributed by atoms with Gasteiger partial charge in [0.05, 0.1) is 27.1 Å². The maximum Gasteiger partial charge on any atom is 0.165 e. The molecule has 2 heterocycles. The predicted molar refractivity (Wildman–Crippen MR) is 90.8 cm³/mol. The molecule has 2 N–H and O–H groups in total. The number of ether oxygens (including phenoxy) is 1. The highest BCUT2D eigenvalue weighted by Gasteiger charge is 2.25. The number of anilines is 1. The van der Waals surface area contributed by atoms with Crippen molar-refractivity contribution in [2.24, 2.45) is 7.05 Å². The second-order valence-corrected chi connectivity index (χ2v) is 7.02. The van der Waals surface area contributed by atoms with Gasteiger partial charge in [0.1, 0.15) is 5.82 Å². The summed E-state index contributed by atoms with van der Waals surface area (Å²) in [5, 5.41) is 4.55. The van der Waals surface area contributed by atoms with Crippen LogP contribution in [0.2, 0.25) is 0 Å². The minimum Gasteiger partial charge on any atom is -0.383 e. The van der Waals surface area contributed by atoms with Gasteiger partial charge >= 0.3 is 0 Å². The molecule has 0 fully saturated rings. The first kappa shape index (κ1) is 16.2. The van der Waals surface area contributed by atoms with E-state index in [2.05, 4.69) is 58.4 Å². The van der Waals surface area contributed by atoms with Gasteiger partial charge in [-0.1, -0.05) is 20.8 Å². The van der Waals surface area contributed by atoms with Gasteiger partial charge in [0.2, 0.25) is 0 Å². The summed E-state index contributed by atoms with van der Waals surface area (Å²) in [6, 6.07) is 0. The van der Waals surface area contributed by atoms with Gasteiger partial charge in [-0.2, -0.15) is 5.10 Å². The third-order valence-electron chi connectivity index (χ3n) is 3.01. The molecule has 0 radical (unpaired) electrons. The van der Waals surface area contributed by atoms with Crippen LogP contribution in [0.3, 0.4) is 0 Å². The second-order valence-electron chi connectivity index (χ2n) is 5.94. The molecular formula is C14H20IN5O. The SMILES string of the molecule is COCc1nc(-c2cn(C)nc2C(C)(C)C)nc(N)c1I. The molecule has 2 aromatic heterocycles. The van der Waals surface area contributed by atoms with Crippen LogP contribution < -0.4 is 5.73 Å². The third-order valence-corrected chi connectivity index (χ3v) is 4.18. The van der Waals surface area contributed by atoms with Crippen molar-refractivity contribution < 1.29 is 4.74 Å². The Morgan fingerprint density at radius 2 is 2.00 bits per heavy atom. The van der Waals surface area contributed by atoms with Crippen molar-refractivity contribution in [3.05, 3.63) is 21.2 Å². The molecule has 0 unspecified atom stereocenters. The number of methoxy groups -OCH3 is 1. The van der Waals surface area contributed by atoms with E-state index in [1.165, 1.54) is 0 Å². The molecule has 0 spiro atoms. The molecule has 0 aromatic carbocycles. The molecule has 0 aliphatic carbocycles. The number of hydrogen-bond donors (Lipinski definition) is 1. The Hall–Kier alpha value is -1.22. The largest absolute Gasteiger partial charge is 0.383 e. The van der Waals surface area contributed by atoms with E-state index in [0.29, 0.717) is 18.2 Å². The van der Waals surface area contributed by atoms with Crippen molar-refractivity contribution in [3.8, 4) is 11.4 Å². The summed E-state index contributed by atoms with van der Waals surface area (Å²) in [5.41, 5.74) is 8.57. The van der Waals surface area contributed by atoms with Crippen molar-refractivity contribution in [2.45, 2.75) is 32.8 Å². The van der Waals surface area contributed by atoms with E-state index < -0.39 is 0 Å². The number of aromatic nitrogens is 4. The van der Waals surface area contributed by atoms with Crippen LogP contribution in [0.5, 0.6) is 0 Å². The lowest BCUT2D eigenvalue weighted by Crippen LogP contribution is -2.15. The standard InChI is InChI=1S/C14H20IN5O/c1-14(2,3)11-8(6-20(4)19-11)13-17-9(7-21-5)10(15)12(16)18-13/h6H,7H2,1-5H3,(H2,16,17,18). The Labute approximate surface area is 138 Å². The molecule has 0 amide bonds. The van der Waals surface area contributed by atoms with Gasteiger partial charge < -0.3 is 10.5 Å². The molecule has 0 saturated heterocycles. The average molecular weight is 401 g/mol. The van der Waals surface area contributed by atoms with Crippen LogP contribution in [-0.2, 0) is 23.8 Å². The zero-order chi connectivity index (χ0) is 15.8. The van der Waals surface area contributed by atoms with Crippen LogP contribution in [0.25, 0.3) is 11.4 Å². The Kier molecular flexibility index (Phi) is 4.52. The zero-order valence-corrected chi connectivity index (χ0v) is 15.1. The number of halogens is 1. The quantitative estimate of drug-likeness (QED) is 0.800. The molecule has 0 atom stereocenters. The first-order chi connectivity index (χ1) is 9.74. The smallest absolute Gasteiger partial charge is 0.165 e. The Morgan fingerprint density at radius 3 is 2.57 bits per heavy atom. The molecule has 2 aromatic rings. The second kappa shape index (κ2) is 5.88. The minimum absolute atomic E-state index is 0.0981. The first-order valence-electron chi connectivity index (χ1n) is 6.59. The minimum atomic E-state index is -0.0981. The van der Waals surface area contributed by atoms with E-state index in [1.807, 2.05) is 13.2 Å². The summed E-state index contributed by atoms with van der Waals surface area (Å²) in [7, 11) is 3.53. The van der Waals surface area contributed by atoms with Crippen LogP contribution in [0.15, 0.2) is 6.20 Å². The maximum atomic E-state index is 6.01. The van der Waals surface area contributed by atoms with Crippen LogP contribution in [0, 0.1) is 3.57 Å². The molecule has 114 valence electrons. The van der Waals surface area contributed by atoms with Gasteiger partial charge in [-0.05, 0) is 22.6 Å². The van der Waals surface area contributed by atoms with Crippen molar-refractivity contribution in [1.82, 2.24) is 19.7 Å². The first-order valence-corrected chi connectivity index (χ1v) is 7.67. The monoisotopic (exact) mass is 401 g/mol. The van der Waals surface area contributed by atoms with Gasteiger partial charge in [-0.15, -0.1) is 0 Å². The molecule has 0 aliphatic heterocycles. The van der Waals surface area contributed by atoms with Gasteiger partial charge in [-0.3, -0.25) is 4.68 Å². The molecule has 7 heteroatoms. The highest BCUT2D eigenvalue weighted by atomic mass is 127. The summed E-state index contributed by atoms with van der Waals surface area (Å²) in [4.78, 5) is 9.03. The third kappa shape index (κ3) is 3.34. The molecule has 0 bridgehead atoms. The van der Waals surface area contributed by atoms with Crippen molar-refractivity contribution in [1.29, 1.82) is 0 Å². The molecular weight excluding hydrogens is 381 g/mol. The predicted octanol–water partition coefficient (Wildman–Crippen LogP) is 2.51. The molecule has 0 aliphatic rings. The fourth-order valence-electron chi connectivity index (χ4n) is 2.07. The van der Waals surface area contributed by atoms with Crippen molar-refractivity contribution >= 4 is 28.4 Å². The van der Waals surface area contributed by atoms with Gasteiger partial charge in [0, 0.05) is 25.8 Å². The van der Waals surface area contributed by atoms with Crippen LogP contribution in [0.1, 0.15) is 32.2 Å². The number of nitrogens with zero attached hydrogens (tertiary/aromatic N) is 4. The van der Waals surface area contributed by atoms with E-state index in [-0.39, 0.29) is 5.41 Å². The van der Waals surface area contributed by atoms with Crippen molar-refractivity contribution in [3.63, 3.8) is 0 Å². The van der Waals surface area contributed by atoms with Crippen molar-refractivity contribution in [2.75, 3.05) is 12.8 Å². The highest BCUT2D eigenvalue weighted by molar-refractivity contribution is 14.1. The number of nitrogens with two attached hydrogens (primary N) is 1. The zero-order valence-electron chi connectivity index (χ0n) is 12.9. The number of nitrogen functional groups attached to an aromatic ring is 1. The van der Waals surface area contributed by atoms with Gasteiger partial charge in [0.15, 0.2) is 5.82 Å². The number of aryl methyl sites for hydroxylation is 1. The van der Waals surface area contributed by atoms with Crippen LogP contribution >= 0.6 is 22.6 Å². The number of rotatable bonds is 3. The number of hydrogen-bond acceptors (Lipinski definition) is 5. The normalized spacial score (nSPS) is 11.9. The van der Waals surface area contributed by atoms with Gasteiger partial charge in [0.25, 0.3) is 0 Å². The Morgan fingerprint density at radius 1 is 1.33 bits per heavy atom. The van der Waals surface area contributed by atoms with Crippen LogP contribution in [0.4, 0.5) is 5.82 Å². The lowest BCUT2D eigenvalue weighted by atomic mass is 9.89. The average Bonchev–Trinajstić information content (AvgIpc) is 2.77. The Balaban J connectivity index is 2.62. The summed E-state index contributed by atoms with van der Waals surface area (Å²) in [6.45, 7) is 6.75. The summed E-state index contributed by atoms with van der Waals surface area (Å²) in [6.07, 6.45) is 1.93. The lowest BCUT2D eigenvalue weighted by Gasteiger charge is -2.17. The highest BCUT2D eigenvalue weighted by Crippen LogP contribution is 2.31. The van der Waals surface area contributed by atoms with Crippen LogP contribution in [-0.4, -0.2) is 26.9 Å². The van der Waals surface area contributed by atoms with E-state index in [4.69, 9.17) is 10.5 Å². The summed E-state index contributed by atoms with van der Waals surface area (Å²) < 4.78 is 7.80.